The first-order valence-corrected chi connectivity index (χ1v) is 14.1. The molecule has 0 spiro atoms. The average molecular weight is 554 g/mol. The Kier molecular flexibility index (Phi) is 7.23. The average Bonchev–Trinajstić information content (AvgIpc) is 3.49. The Morgan fingerprint density at radius 1 is 1.02 bits per heavy atom. The number of halogens is 1. The molecule has 0 saturated carbocycles. The van der Waals surface area contributed by atoms with E-state index in [1.807, 2.05) is 18.2 Å². The molecule has 9 heteroatoms. The van der Waals surface area contributed by atoms with Crippen LogP contribution in [0.4, 0.5) is 9.52 Å². The van der Waals surface area contributed by atoms with Gasteiger partial charge in [0.1, 0.15) is 17.4 Å². The van der Waals surface area contributed by atoms with Gasteiger partial charge in [-0.15, -0.1) is 11.3 Å². The highest BCUT2D eigenvalue weighted by atomic mass is 32.1. The van der Waals surface area contributed by atoms with Crippen molar-refractivity contribution < 1.29 is 9.18 Å². The number of fused-ring (bicyclic) bond motifs is 1. The molecule has 40 heavy (non-hydrogen) atoms. The van der Waals surface area contributed by atoms with E-state index >= 15 is 4.39 Å². The van der Waals surface area contributed by atoms with Crippen molar-refractivity contribution in [2.45, 2.75) is 24.8 Å². The lowest BCUT2D eigenvalue weighted by Gasteiger charge is -2.29. The van der Waals surface area contributed by atoms with Gasteiger partial charge in [0.05, 0.1) is 11.7 Å². The fraction of sp³-hybridized carbons (Fsp3) is 0.226. The predicted octanol–water partition coefficient (Wildman–Crippen LogP) is 5.70. The fourth-order valence-corrected chi connectivity index (χ4v) is 5.91. The van der Waals surface area contributed by atoms with Gasteiger partial charge in [-0.2, -0.15) is 0 Å². The molecule has 1 atom stereocenters. The van der Waals surface area contributed by atoms with Crippen LogP contribution in [0.1, 0.15) is 35.9 Å². The van der Waals surface area contributed by atoms with Crippen LogP contribution < -0.4 is 10.9 Å². The number of nitrogens with one attached hydrogen (secondary N) is 1. The number of carbonyl (C=O) groups excluding carboxylic acids is 1. The second-order valence-corrected chi connectivity index (χ2v) is 11.0. The minimum absolute atomic E-state index is 0.0277. The minimum atomic E-state index is -1.02. The predicted molar refractivity (Wildman–Crippen MR) is 156 cm³/mol. The van der Waals surface area contributed by atoms with Gasteiger partial charge in [-0.1, -0.05) is 54.6 Å². The molecule has 1 amide bonds. The Morgan fingerprint density at radius 3 is 2.48 bits per heavy atom. The van der Waals surface area contributed by atoms with Crippen molar-refractivity contribution in [1.29, 1.82) is 0 Å². The maximum absolute atomic E-state index is 15.3. The first kappa shape index (κ1) is 26.0. The summed E-state index contributed by atoms with van der Waals surface area (Å²) in [6.07, 6.45) is 5.06. The standard InChI is InChI=1S/C31H28FN5O2S/c1-36-14-11-22(12-15-36)20-7-9-21(10-8-20)24-17-25-27(26(32)18-24)34-19-37(30(25)39)28(23-5-3-2-4-6-23)29(38)35-31-33-13-16-40-31/h2-10,13,16-19,22,28H,11-12,14-15H2,1H3,(H,33,35,38). The van der Waals surface area contributed by atoms with Crippen molar-refractivity contribution in [2.24, 2.45) is 0 Å². The zero-order valence-electron chi connectivity index (χ0n) is 22.0. The number of piperidine rings is 1. The molecule has 0 bridgehead atoms. The number of nitrogens with zero attached hydrogens (tertiary/aromatic N) is 4. The van der Waals surface area contributed by atoms with Crippen LogP contribution in [0.2, 0.25) is 0 Å². The summed E-state index contributed by atoms with van der Waals surface area (Å²) in [5.74, 6) is -0.509. The Balaban J connectivity index is 1.39. The van der Waals surface area contributed by atoms with Crippen LogP contribution in [0.25, 0.3) is 22.0 Å². The van der Waals surface area contributed by atoms with Crippen LogP contribution in [0, 0.1) is 5.82 Å². The second kappa shape index (κ2) is 11.1. The van der Waals surface area contributed by atoms with E-state index in [2.05, 4.69) is 39.4 Å². The molecule has 0 radical (unpaired) electrons. The van der Waals surface area contributed by atoms with Crippen LogP contribution in [-0.4, -0.2) is 45.5 Å². The number of carbonyl (C=O) groups is 1. The molecule has 6 rings (SSSR count). The normalized spacial score (nSPS) is 15.2. The van der Waals surface area contributed by atoms with E-state index in [0.29, 0.717) is 22.2 Å². The number of hydrogen-bond donors (Lipinski definition) is 1. The van der Waals surface area contributed by atoms with Crippen molar-refractivity contribution in [3.8, 4) is 11.1 Å². The molecular formula is C31H28FN5O2S. The number of thiazole rings is 1. The Labute approximate surface area is 235 Å². The third-order valence-electron chi connectivity index (χ3n) is 7.58. The molecule has 1 saturated heterocycles. The van der Waals surface area contributed by atoms with E-state index in [0.717, 1.165) is 31.5 Å². The Bertz CT molecular complexity index is 1700. The van der Waals surface area contributed by atoms with Crippen molar-refractivity contribution >= 4 is 33.3 Å². The van der Waals surface area contributed by atoms with Crippen LogP contribution in [0.15, 0.2) is 89.4 Å². The van der Waals surface area contributed by atoms with Gasteiger partial charge in [0, 0.05) is 11.6 Å². The minimum Gasteiger partial charge on any atom is -0.306 e. The van der Waals surface area contributed by atoms with Gasteiger partial charge in [-0.25, -0.2) is 14.4 Å². The smallest absolute Gasteiger partial charge is 0.262 e. The molecular weight excluding hydrogens is 525 g/mol. The number of rotatable bonds is 6. The van der Waals surface area contributed by atoms with Gasteiger partial charge in [0.15, 0.2) is 5.13 Å². The molecule has 1 fully saturated rings. The lowest BCUT2D eigenvalue weighted by Crippen LogP contribution is -2.34. The summed E-state index contributed by atoms with van der Waals surface area (Å²) in [5, 5.41) is 5.07. The van der Waals surface area contributed by atoms with Crippen LogP contribution in [-0.2, 0) is 4.79 Å². The van der Waals surface area contributed by atoms with E-state index < -0.39 is 23.3 Å². The van der Waals surface area contributed by atoms with Gasteiger partial charge in [0.2, 0.25) is 0 Å². The first-order chi connectivity index (χ1) is 19.5. The molecule has 3 heterocycles. The van der Waals surface area contributed by atoms with E-state index in [1.54, 1.807) is 41.9 Å². The molecule has 1 aliphatic heterocycles. The molecule has 0 aliphatic carbocycles. The van der Waals surface area contributed by atoms with Crippen LogP contribution >= 0.6 is 11.3 Å². The second-order valence-electron chi connectivity index (χ2n) is 10.2. The zero-order chi connectivity index (χ0) is 27.6. The van der Waals surface area contributed by atoms with Gasteiger partial charge >= 0.3 is 0 Å². The number of benzene rings is 3. The maximum atomic E-state index is 15.3. The summed E-state index contributed by atoms with van der Waals surface area (Å²) in [5.41, 5.74) is 2.74. The van der Waals surface area contributed by atoms with E-state index in [9.17, 15) is 9.59 Å². The third kappa shape index (κ3) is 5.17. The topological polar surface area (TPSA) is 80.1 Å². The molecule has 3 aromatic carbocycles. The van der Waals surface area contributed by atoms with Crippen molar-refractivity contribution in [3.63, 3.8) is 0 Å². The number of likely N-dealkylation sites (tertiary alicyclic amines) is 1. The summed E-state index contributed by atoms with van der Waals surface area (Å²) in [7, 11) is 2.14. The number of hydrogen-bond acceptors (Lipinski definition) is 6. The molecule has 1 aliphatic rings. The van der Waals surface area contributed by atoms with Crippen LogP contribution in [0.5, 0.6) is 0 Å². The molecule has 1 N–H and O–H groups in total. The number of amides is 1. The van der Waals surface area contributed by atoms with Gasteiger partial charge < -0.3 is 4.90 Å². The molecule has 1 unspecified atom stereocenters. The summed E-state index contributed by atoms with van der Waals surface area (Å²) in [4.78, 5) is 38.0. The molecule has 2 aromatic heterocycles. The quantitative estimate of drug-likeness (QED) is 0.292. The van der Waals surface area contributed by atoms with E-state index in [-0.39, 0.29) is 10.9 Å². The van der Waals surface area contributed by atoms with E-state index in [4.69, 9.17) is 0 Å². The van der Waals surface area contributed by atoms with Crippen molar-refractivity contribution in [1.82, 2.24) is 19.4 Å². The molecule has 5 aromatic rings. The summed E-state index contributed by atoms with van der Waals surface area (Å²) < 4.78 is 16.5. The lowest BCUT2D eigenvalue weighted by atomic mass is 9.88. The van der Waals surface area contributed by atoms with Crippen molar-refractivity contribution in [2.75, 3.05) is 25.5 Å². The summed E-state index contributed by atoms with van der Waals surface area (Å²) in [6.45, 7) is 2.15. The van der Waals surface area contributed by atoms with Gasteiger partial charge in [0.25, 0.3) is 11.5 Å². The third-order valence-corrected chi connectivity index (χ3v) is 8.27. The molecule has 202 valence electrons. The number of anilines is 1. The highest BCUT2D eigenvalue weighted by molar-refractivity contribution is 7.13. The highest BCUT2D eigenvalue weighted by Crippen LogP contribution is 2.31. The highest BCUT2D eigenvalue weighted by Gasteiger charge is 2.26. The summed E-state index contributed by atoms with van der Waals surface area (Å²) in [6, 6.07) is 19.2. The SMILES string of the molecule is CN1CCC(c2ccc(-c3cc(F)c4ncn(C(C(=O)Nc5nccs5)c5ccccc5)c(=O)c4c3)cc2)CC1. The zero-order valence-corrected chi connectivity index (χ0v) is 22.8. The fourth-order valence-electron chi connectivity index (χ4n) is 5.38. The maximum Gasteiger partial charge on any atom is 0.262 e. The number of aromatic nitrogens is 3. The van der Waals surface area contributed by atoms with Gasteiger partial charge in [-0.05, 0) is 73.3 Å². The van der Waals surface area contributed by atoms with Crippen LogP contribution in [0.3, 0.4) is 0 Å². The Hall–Kier alpha value is -4.21. The lowest BCUT2D eigenvalue weighted by molar-refractivity contribution is -0.118. The largest absolute Gasteiger partial charge is 0.306 e. The van der Waals surface area contributed by atoms with Crippen molar-refractivity contribution in [3.05, 3.63) is 112 Å². The first-order valence-electron chi connectivity index (χ1n) is 13.2. The molecule has 7 nitrogen and oxygen atoms in total. The van der Waals surface area contributed by atoms with Gasteiger partial charge in [-0.3, -0.25) is 19.5 Å². The monoisotopic (exact) mass is 553 g/mol. The Morgan fingerprint density at radius 2 is 1.77 bits per heavy atom. The van der Waals surface area contributed by atoms with E-state index in [1.165, 1.54) is 33.9 Å². The summed E-state index contributed by atoms with van der Waals surface area (Å²) >= 11 is 1.28.